The number of hydrogen-bond donors (Lipinski definition) is 0. The van der Waals surface area contributed by atoms with Gasteiger partial charge in [-0.3, -0.25) is 0 Å². The zero-order valence-corrected chi connectivity index (χ0v) is 31.9. The van der Waals surface area contributed by atoms with E-state index in [0.717, 1.165) is 66.1 Å². The minimum atomic E-state index is 0.628. The molecule has 0 N–H and O–H groups in total. The number of fused-ring (bicyclic) bond motifs is 8. The van der Waals surface area contributed by atoms with Crippen LogP contribution in [0.4, 0.5) is 0 Å². The number of aromatic nitrogens is 3. The fourth-order valence-electron chi connectivity index (χ4n) is 8.53. The van der Waals surface area contributed by atoms with Crippen molar-refractivity contribution in [3.8, 4) is 56.4 Å². The molecule has 0 unspecified atom stereocenters. The molecule has 0 aliphatic rings. The number of para-hydroxylation sites is 1. The van der Waals surface area contributed by atoms with E-state index in [0.29, 0.717) is 17.5 Å². The van der Waals surface area contributed by atoms with Crippen molar-refractivity contribution in [2.45, 2.75) is 0 Å². The summed E-state index contributed by atoms with van der Waals surface area (Å²) >= 11 is 1.81. The molecular weight excluding hydrogens is 727 g/mol. The standard InChI is InChI=1S/C53H31N3OS/c1-2-11-35-30-36(25-22-32(35)10-1)33-20-23-34(24-21-33)51-54-52(37-26-29-49-45(31-37)41-14-6-8-19-48(41)58-49)56-53(55-51)43-28-27-40(38-12-3-4-13-39(38)43)42-16-9-18-47-50(42)44-15-5-7-17-46(44)57-47/h1-31H. The Labute approximate surface area is 337 Å². The van der Waals surface area contributed by atoms with Crippen molar-refractivity contribution in [2.75, 3.05) is 0 Å². The fraction of sp³-hybridized carbons (Fsp3) is 0. The van der Waals surface area contributed by atoms with Gasteiger partial charge in [0.15, 0.2) is 17.5 Å². The first-order valence-electron chi connectivity index (χ1n) is 19.4. The molecule has 0 aliphatic carbocycles. The second-order valence-electron chi connectivity index (χ2n) is 14.7. The maximum atomic E-state index is 6.30. The summed E-state index contributed by atoms with van der Waals surface area (Å²) in [5, 5.41) is 9.31. The van der Waals surface area contributed by atoms with Gasteiger partial charge in [-0.2, -0.15) is 0 Å². The summed E-state index contributed by atoms with van der Waals surface area (Å²) in [6.07, 6.45) is 0. The lowest BCUT2D eigenvalue weighted by molar-refractivity contribution is 0.669. The molecule has 0 amide bonds. The highest BCUT2D eigenvalue weighted by Crippen LogP contribution is 2.42. The normalized spacial score (nSPS) is 11.8. The van der Waals surface area contributed by atoms with Gasteiger partial charge in [0.25, 0.3) is 0 Å². The number of hydrogen-bond acceptors (Lipinski definition) is 5. The van der Waals surface area contributed by atoms with E-state index in [-0.39, 0.29) is 0 Å². The third kappa shape index (κ3) is 5.32. The molecule has 0 radical (unpaired) electrons. The molecular formula is C53H31N3OS. The van der Waals surface area contributed by atoms with Crippen molar-refractivity contribution < 1.29 is 4.42 Å². The average Bonchev–Trinajstić information content (AvgIpc) is 3.87. The molecule has 270 valence electrons. The Morgan fingerprint density at radius 3 is 1.79 bits per heavy atom. The number of furan rings is 1. The predicted octanol–water partition coefficient (Wildman–Crippen LogP) is 14.8. The van der Waals surface area contributed by atoms with E-state index < -0.39 is 0 Å². The maximum absolute atomic E-state index is 6.30. The highest BCUT2D eigenvalue weighted by Gasteiger charge is 2.19. The first-order valence-corrected chi connectivity index (χ1v) is 20.2. The highest BCUT2D eigenvalue weighted by atomic mass is 32.1. The molecule has 9 aromatic carbocycles. The molecule has 0 aliphatic heterocycles. The summed E-state index contributed by atoms with van der Waals surface area (Å²) < 4.78 is 8.81. The molecule has 0 bridgehead atoms. The van der Waals surface area contributed by atoms with Gasteiger partial charge >= 0.3 is 0 Å². The molecule has 5 heteroatoms. The van der Waals surface area contributed by atoms with Gasteiger partial charge in [0.1, 0.15) is 11.2 Å². The van der Waals surface area contributed by atoms with Gasteiger partial charge in [-0.15, -0.1) is 11.3 Å². The molecule has 3 heterocycles. The van der Waals surface area contributed by atoms with Gasteiger partial charge in [0.05, 0.1) is 0 Å². The number of nitrogens with zero attached hydrogens (tertiary/aromatic N) is 3. The summed E-state index contributed by atoms with van der Waals surface area (Å²) in [4.78, 5) is 15.7. The van der Waals surface area contributed by atoms with Crippen LogP contribution in [0.1, 0.15) is 0 Å². The summed E-state index contributed by atoms with van der Waals surface area (Å²) in [7, 11) is 0. The van der Waals surface area contributed by atoms with Crippen LogP contribution in [0.5, 0.6) is 0 Å². The van der Waals surface area contributed by atoms with Crippen LogP contribution in [0, 0.1) is 0 Å². The lowest BCUT2D eigenvalue weighted by Crippen LogP contribution is -2.01. The Bertz CT molecular complexity index is 3580. The van der Waals surface area contributed by atoms with Crippen LogP contribution >= 0.6 is 11.3 Å². The predicted molar refractivity (Wildman–Crippen MR) is 242 cm³/mol. The van der Waals surface area contributed by atoms with Crippen LogP contribution in [-0.2, 0) is 0 Å². The molecule has 0 saturated heterocycles. The Balaban J connectivity index is 1.04. The number of thiophene rings is 1. The average molecular weight is 758 g/mol. The minimum absolute atomic E-state index is 0.628. The van der Waals surface area contributed by atoms with E-state index in [2.05, 4.69) is 170 Å². The van der Waals surface area contributed by atoms with Crippen molar-refractivity contribution in [2.24, 2.45) is 0 Å². The smallest absolute Gasteiger partial charge is 0.164 e. The lowest BCUT2D eigenvalue weighted by Gasteiger charge is -2.14. The van der Waals surface area contributed by atoms with Crippen LogP contribution in [0.3, 0.4) is 0 Å². The van der Waals surface area contributed by atoms with Gasteiger partial charge in [-0.1, -0.05) is 140 Å². The molecule has 12 aromatic rings. The van der Waals surface area contributed by atoms with Gasteiger partial charge in [-0.05, 0) is 92.3 Å². The van der Waals surface area contributed by atoms with Crippen molar-refractivity contribution >= 4 is 75.0 Å². The van der Waals surface area contributed by atoms with E-state index in [4.69, 9.17) is 19.4 Å². The van der Waals surface area contributed by atoms with Gasteiger partial charge in [0.2, 0.25) is 0 Å². The molecule has 0 saturated carbocycles. The zero-order chi connectivity index (χ0) is 38.2. The third-order valence-corrected chi connectivity index (χ3v) is 12.5. The van der Waals surface area contributed by atoms with Crippen molar-refractivity contribution in [1.29, 1.82) is 0 Å². The van der Waals surface area contributed by atoms with Crippen LogP contribution in [0.15, 0.2) is 192 Å². The summed E-state index contributed by atoms with van der Waals surface area (Å²) in [5.74, 6) is 1.89. The second-order valence-corrected chi connectivity index (χ2v) is 15.8. The maximum Gasteiger partial charge on any atom is 0.164 e. The van der Waals surface area contributed by atoms with Crippen LogP contribution in [0.25, 0.3) is 120 Å². The third-order valence-electron chi connectivity index (χ3n) is 11.4. The van der Waals surface area contributed by atoms with Gasteiger partial charge < -0.3 is 4.42 Å². The monoisotopic (exact) mass is 757 g/mol. The SMILES string of the molecule is c1ccc2cc(-c3ccc(-c4nc(-c5ccc6sc7ccccc7c6c5)nc(-c5ccc(-c6cccc7oc8ccccc8c67)c6ccccc56)n4)cc3)ccc2c1. The Morgan fingerprint density at radius 1 is 0.328 bits per heavy atom. The largest absolute Gasteiger partial charge is 0.456 e. The van der Waals surface area contributed by atoms with Crippen molar-refractivity contribution in [1.82, 2.24) is 15.0 Å². The van der Waals surface area contributed by atoms with E-state index in [1.54, 1.807) is 0 Å². The summed E-state index contributed by atoms with van der Waals surface area (Å²) in [6, 6.07) is 66.3. The zero-order valence-electron chi connectivity index (χ0n) is 31.1. The highest BCUT2D eigenvalue weighted by molar-refractivity contribution is 7.25. The fourth-order valence-corrected chi connectivity index (χ4v) is 9.61. The van der Waals surface area contributed by atoms with Gasteiger partial charge in [0, 0.05) is 47.6 Å². The van der Waals surface area contributed by atoms with Crippen LogP contribution in [0.2, 0.25) is 0 Å². The number of rotatable bonds is 5. The van der Waals surface area contributed by atoms with Gasteiger partial charge in [-0.25, -0.2) is 15.0 Å². The molecule has 58 heavy (non-hydrogen) atoms. The van der Waals surface area contributed by atoms with Crippen LogP contribution < -0.4 is 0 Å². The van der Waals surface area contributed by atoms with Crippen molar-refractivity contribution in [3.05, 3.63) is 188 Å². The van der Waals surface area contributed by atoms with Crippen LogP contribution in [-0.4, -0.2) is 15.0 Å². The van der Waals surface area contributed by atoms with Crippen molar-refractivity contribution in [3.63, 3.8) is 0 Å². The van der Waals surface area contributed by atoms with E-state index in [1.165, 1.54) is 36.5 Å². The molecule has 0 spiro atoms. The molecule has 0 fully saturated rings. The Kier molecular flexibility index (Phi) is 7.37. The number of benzene rings is 9. The summed E-state index contributed by atoms with van der Waals surface area (Å²) in [5.41, 5.74) is 9.16. The Morgan fingerprint density at radius 2 is 0.931 bits per heavy atom. The topological polar surface area (TPSA) is 51.8 Å². The molecule has 3 aromatic heterocycles. The second kappa shape index (κ2) is 13.1. The molecule has 4 nitrogen and oxygen atoms in total. The summed E-state index contributed by atoms with van der Waals surface area (Å²) in [6.45, 7) is 0. The Hall–Kier alpha value is -7.47. The van der Waals surface area contributed by atoms with E-state index >= 15 is 0 Å². The lowest BCUT2D eigenvalue weighted by atomic mass is 9.92. The van der Waals surface area contributed by atoms with E-state index in [1.807, 2.05) is 29.5 Å². The quantitative estimate of drug-likeness (QED) is 0.175. The molecule has 12 rings (SSSR count). The first kappa shape index (κ1) is 32.7. The minimum Gasteiger partial charge on any atom is -0.456 e. The molecule has 0 atom stereocenters. The first-order chi connectivity index (χ1) is 28.7. The van der Waals surface area contributed by atoms with E-state index in [9.17, 15) is 0 Å².